The third kappa shape index (κ3) is 3.95. The van der Waals surface area contributed by atoms with E-state index in [0.717, 1.165) is 16.9 Å². The van der Waals surface area contributed by atoms with E-state index in [1.807, 2.05) is 6.07 Å². The van der Waals surface area contributed by atoms with Crippen molar-refractivity contribution in [2.75, 3.05) is 20.1 Å². The van der Waals surface area contributed by atoms with Crippen LogP contribution < -0.4 is 5.32 Å². The van der Waals surface area contributed by atoms with Gasteiger partial charge in [0.25, 0.3) is 0 Å². The van der Waals surface area contributed by atoms with Crippen LogP contribution in [0.4, 0.5) is 0 Å². The molecule has 0 aliphatic carbocycles. The highest BCUT2D eigenvalue weighted by molar-refractivity contribution is 7.16. The first-order chi connectivity index (χ1) is 8.66. The molecular weight excluding hydrogens is 264 g/mol. The molecule has 2 unspecified atom stereocenters. The Bertz CT molecular complexity index is 366. The number of hydrogen-bond donors (Lipinski definition) is 1. The zero-order valence-electron chi connectivity index (χ0n) is 11.3. The van der Waals surface area contributed by atoms with E-state index in [9.17, 15) is 0 Å². The summed E-state index contributed by atoms with van der Waals surface area (Å²) in [5.41, 5.74) is 0. The number of nitrogens with one attached hydrogen (secondary N) is 1. The molecule has 0 aromatic carbocycles. The average Bonchev–Trinajstić information content (AvgIpc) is 2.78. The van der Waals surface area contributed by atoms with Crippen LogP contribution in [0.5, 0.6) is 0 Å². The molecule has 1 aromatic rings. The molecule has 1 aliphatic heterocycles. The van der Waals surface area contributed by atoms with Gasteiger partial charge in [0, 0.05) is 17.0 Å². The third-order valence-corrected chi connectivity index (χ3v) is 5.28. The van der Waals surface area contributed by atoms with Gasteiger partial charge in [-0.25, -0.2) is 0 Å². The molecule has 2 rings (SSSR count). The monoisotopic (exact) mass is 286 g/mol. The standard InChI is InChI=1S/C14H23ClN2S/c1-11(13-6-7-14(15)18-13)16-9-8-12-5-3-4-10-17(12)2/h6-7,11-12,16H,3-5,8-10H2,1-2H3. The molecule has 1 aliphatic rings. The number of piperidine rings is 1. The van der Waals surface area contributed by atoms with Gasteiger partial charge in [-0.15, -0.1) is 11.3 Å². The van der Waals surface area contributed by atoms with E-state index in [1.54, 1.807) is 11.3 Å². The minimum absolute atomic E-state index is 0.413. The molecule has 18 heavy (non-hydrogen) atoms. The van der Waals surface area contributed by atoms with Crippen LogP contribution in [0, 0.1) is 0 Å². The minimum Gasteiger partial charge on any atom is -0.309 e. The summed E-state index contributed by atoms with van der Waals surface area (Å²) >= 11 is 7.64. The normalized spacial score (nSPS) is 23.2. The minimum atomic E-state index is 0.413. The van der Waals surface area contributed by atoms with Crippen LogP contribution in [0.1, 0.15) is 43.5 Å². The van der Waals surface area contributed by atoms with Crippen molar-refractivity contribution < 1.29 is 0 Å². The van der Waals surface area contributed by atoms with E-state index in [1.165, 1.54) is 37.1 Å². The van der Waals surface area contributed by atoms with Gasteiger partial charge in [0.15, 0.2) is 0 Å². The molecule has 1 fully saturated rings. The summed E-state index contributed by atoms with van der Waals surface area (Å²) in [6.45, 7) is 4.57. The predicted molar refractivity (Wildman–Crippen MR) is 80.6 cm³/mol. The van der Waals surface area contributed by atoms with Crippen LogP contribution in [-0.4, -0.2) is 31.1 Å². The first-order valence-electron chi connectivity index (χ1n) is 6.85. The molecule has 0 radical (unpaired) electrons. The SMILES string of the molecule is CC(NCCC1CCCCN1C)c1ccc(Cl)s1. The lowest BCUT2D eigenvalue weighted by atomic mass is 10.00. The van der Waals surface area contributed by atoms with E-state index in [-0.39, 0.29) is 0 Å². The second kappa shape index (κ2) is 6.90. The molecule has 0 saturated carbocycles. The summed E-state index contributed by atoms with van der Waals surface area (Å²) in [5.74, 6) is 0. The fourth-order valence-corrected chi connectivity index (χ4v) is 3.72. The molecule has 2 heterocycles. The highest BCUT2D eigenvalue weighted by atomic mass is 35.5. The summed E-state index contributed by atoms with van der Waals surface area (Å²) in [6, 6.07) is 5.29. The molecule has 0 bridgehead atoms. The van der Waals surface area contributed by atoms with Gasteiger partial charge < -0.3 is 10.2 Å². The molecule has 0 amide bonds. The van der Waals surface area contributed by atoms with Crippen LogP contribution in [-0.2, 0) is 0 Å². The van der Waals surface area contributed by atoms with Crippen molar-refractivity contribution in [1.29, 1.82) is 0 Å². The van der Waals surface area contributed by atoms with E-state index >= 15 is 0 Å². The van der Waals surface area contributed by atoms with Gasteiger partial charge in [0.05, 0.1) is 4.34 Å². The van der Waals surface area contributed by atoms with Crippen LogP contribution in [0.2, 0.25) is 4.34 Å². The number of halogens is 1. The van der Waals surface area contributed by atoms with Gasteiger partial charge in [0.1, 0.15) is 0 Å². The molecule has 4 heteroatoms. The lowest BCUT2D eigenvalue weighted by Gasteiger charge is -2.32. The zero-order chi connectivity index (χ0) is 13.0. The molecular formula is C14H23ClN2S. The van der Waals surface area contributed by atoms with Crippen molar-refractivity contribution in [1.82, 2.24) is 10.2 Å². The van der Waals surface area contributed by atoms with Gasteiger partial charge in [-0.2, -0.15) is 0 Å². The Morgan fingerprint density at radius 1 is 1.50 bits per heavy atom. The second-order valence-electron chi connectivity index (χ2n) is 5.24. The summed E-state index contributed by atoms with van der Waals surface area (Å²) in [4.78, 5) is 3.84. The Hall–Kier alpha value is -0.0900. The number of likely N-dealkylation sites (tertiary alicyclic amines) is 1. The number of nitrogens with zero attached hydrogens (tertiary/aromatic N) is 1. The van der Waals surface area contributed by atoms with Gasteiger partial charge in [0.2, 0.25) is 0 Å². The van der Waals surface area contributed by atoms with Gasteiger partial charge in [-0.05, 0) is 58.5 Å². The summed E-state index contributed by atoms with van der Waals surface area (Å²) < 4.78 is 0.880. The van der Waals surface area contributed by atoms with E-state index < -0.39 is 0 Å². The molecule has 1 N–H and O–H groups in total. The van der Waals surface area contributed by atoms with Crippen molar-refractivity contribution in [3.8, 4) is 0 Å². The maximum atomic E-state index is 5.96. The van der Waals surface area contributed by atoms with Gasteiger partial charge in [-0.1, -0.05) is 18.0 Å². The Kier molecular flexibility index (Phi) is 5.49. The lowest BCUT2D eigenvalue weighted by molar-refractivity contribution is 0.174. The topological polar surface area (TPSA) is 15.3 Å². The van der Waals surface area contributed by atoms with Crippen LogP contribution in [0.15, 0.2) is 12.1 Å². The molecule has 102 valence electrons. The fraction of sp³-hybridized carbons (Fsp3) is 0.714. The maximum absolute atomic E-state index is 5.96. The van der Waals surface area contributed by atoms with Crippen LogP contribution in [0.3, 0.4) is 0 Å². The number of thiophene rings is 1. The summed E-state index contributed by atoms with van der Waals surface area (Å²) in [7, 11) is 2.26. The van der Waals surface area contributed by atoms with E-state index in [2.05, 4.69) is 30.3 Å². The Balaban J connectivity index is 1.71. The quantitative estimate of drug-likeness (QED) is 0.882. The average molecular weight is 287 g/mol. The molecule has 2 nitrogen and oxygen atoms in total. The van der Waals surface area contributed by atoms with Crippen molar-refractivity contribution in [3.05, 3.63) is 21.3 Å². The van der Waals surface area contributed by atoms with Crippen LogP contribution in [0.25, 0.3) is 0 Å². The predicted octanol–water partition coefficient (Wildman–Crippen LogP) is 3.93. The molecule has 0 spiro atoms. The van der Waals surface area contributed by atoms with Crippen molar-refractivity contribution in [2.45, 2.75) is 44.7 Å². The Morgan fingerprint density at radius 2 is 2.33 bits per heavy atom. The van der Waals surface area contributed by atoms with E-state index in [0.29, 0.717) is 6.04 Å². The molecule has 1 saturated heterocycles. The zero-order valence-corrected chi connectivity index (χ0v) is 12.9. The Labute approximate surface area is 119 Å². The number of rotatable bonds is 5. The Morgan fingerprint density at radius 3 is 3.00 bits per heavy atom. The van der Waals surface area contributed by atoms with Crippen molar-refractivity contribution >= 4 is 22.9 Å². The first kappa shape index (κ1) is 14.3. The van der Waals surface area contributed by atoms with Crippen molar-refractivity contribution in [3.63, 3.8) is 0 Å². The summed E-state index contributed by atoms with van der Waals surface area (Å²) in [5, 5.41) is 3.61. The van der Waals surface area contributed by atoms with Crippen molar-refractivity contribution in [2.24, 2.45) is 0 Å². The van der Waals surface area contributed by atoms with E-state index in [4.69, 9.17) is 11.6 Å². The summed E-state index contributed by atoms with van der Waals surface area (Å²) in [6.07, 6.45) is 5.37. The largest absolute Gasteiger partial charge is 0.309 e. The van der Waals surface area contributed by atoms with Gasteiger partial charge in [-0.3, -0.25) is 0 Å². The lowest BCUT2D eigenvalue weighted by Crippen LogP contribution is -2.38. The molecule has 2 atom stereocenters. The van der Waals surface area contributed by atoms with Crippen LogP contribution >= 0.6 is 22.9 Å². The number of hydrogen-bond acceptors (Lipinski definition) is 3. The highest BCUT2D eigenvalue weighted by Crippen LogP contribution is 2.26. The molecule has 1 aromatic heterocycles. The first-order valence-corrected chi connectivity index (χ1v) is 8.05. The fourth-order valence-electron chi connectivity index (χ4n) is 2.64. The second-order valence-corrected chi connectivity index (χ2v) is 6.98. The van der Waals surface area contributed by atoms with Gasteiger partial charge >= 0.3 is 0 Å². The highest BCUT2D eigenvalue weighted by Gasteiger charge is 2.18. The maximum Gasteiger partial charge on any atom is 0.0931 e. The smallest absolute Gasteiger partial charge is 0.0931 e. The third-order valence-electron chi connectivity index (χ3n) is 3.87.